The minimum atomic E-state index is -0.494. The molecule has 1 aliphatic rings. The maximum Gasteiger partial charge on any atom is 0.338 e. The second kappa shape index (κ2) is 9.85. The Labute approximate surface area is 178 Å². The molecule has 0 aromatic heterocycles. The van der Waals surface area contributed by atoms with Crippen LogP contribution in [0.5, 0.6) is 11.5 Å². The highest BCUT2D eigenvalue weighted by Crippen LogP contribution is 2.23. The van der Waals surface area contributed by atoms with Gasteiger partial charge in [-0.05, 0) is 70.0 Å². The molecule has 2 aromatic carbocycles. The predicted molar refractivity (Wildman–Crippen MR) is 116 cm³/mol. The fourth-order valence-corrected chi connectivity index (χ4v) is 3.37. The smallest absolute Gasteiger partial charge is 0.338 e. The van der Waals surface area contributed by atoms with Gasteiger partial charge in [-0.3, -0.25) is 0 Å². The van der Waals surface area contributed by atoms with Crippen LogP contribution >= 0.6 is 0 Å². The number of ether oxygens (including phenoxy) is 3. The van der Waals surface area contributed by atoms with E-state index in [9.17, 15) is 9.90 Å². The highest BCUT2D eigenvalue weighted by atomic mass is 16.6. The van der Waals surface area contributed by atoms with Crippen molar-refractivity contribution in [2.75, 3.05) is 31.2 Å². The van der Waals surface area contributed by atoms with Crippen LogP contribution in [0.1, 0.15) is 44.0 Å². The van der Waals surface area contributed by atoms with Crippen molar-refractivity contribution in [3.8, 4) is 11.5 Å². The molecule has 1 saturated heterocycles. The number of phenols is 1. The van der Waals surface area contributed by atoms with Crippen LogP contribution < -0.4 is 9.64 Å². The van der Waals surface area contributed by atoms with Gasteiger partial charge in [-0.25, -0.2) is 4.79 Å². The van der Waals surface area contributed by atoms with Gasteiger partial charge in [0.1, 0.15) is 23.7 Å². The molecule has 0 bridgehead atoms. The maximum absolute atomic E-state index is 12.1. The Hall–Kier alpha value is -2.73. The lowest BCUT2D eigenvalue weighted by Gasteiger charge is -2.33. The Morgan fingerprint density at radius 2 is 1.77 bits per heavy atom. The topological polar surface area (TPSA) is 68.2 Å². The number of carbonyl (C=O) groups excluding carboxylic acids is 1. The van der Waals surface area contributed by atoms with Crippen molar-refractivity contribution in [2.24, 2.45) is 0 Å². The number of benzene rings is 2. The van der Waals surface area contributed by atoms with Crippen LogP contribution in [-0.4, -0.2) is 49.1 Å². The number of carbonyl (C=O) groups is 1. The average Bonchev–Trinajstić information content (AvgIpc) is 2.71. The molecule has 0 amide bonds. The van der Waals surface area contributed by atoms with Gasteiger partial charge < -0.3 is 24.2 Å². The third kappa shape index (κ3) is 6.66. The van der Waals surface area contributed by atoms with Crippen LogP contribution in [0.25, 0.3) is 0 Å². The van der Waals surface area contributed by atoms with E-state index >= 15 is 0 Å². The van der Waals surface area contributed by atoms with Crippen LogP contribution in [0.2, 0.25) is 0 Å². The molecular weight excluding hydrogens is 382 g/mol. The zero-order chi connectivity index (χ0) is 21.6. The first-order valence-corrected chi connectivity index (χ1v) is 10.4. The molecule has 0 atom stereocenters. The summed E-state index contributed by atoms with van der Waals surface area (Å²) >= 11 is 0. The summed E-state index contributed by atoms with van der Waals surface area (Å²) in [5, 5.41) is 9.44. The number of aromatic hydroxyl groups is 1. The van der Waals surface area contributed by atoms with E-state index < -0.39 is 5.60 Å². The van der Waals surface area contributed by atoms with E-state index in [0.717, 1.165) is 31.6 Å². The summed E-state index contributed by atoms with van der Waals surface area (Å²) in [4.78, 5) is 14.5. The quantitative estimate of drug-likeness (QED) is 0.536. The molecule has 1 fully saturated rings. The number of hydrogen-bond acceptors (Lipinski definition) is 6. The first-order chi connectivity index (χ1) is 14.3. The Kier molecular flexibility index (Phi) is 7.21. The molecule has 0 radical (unpaired) electrons. The molecule has 0 unspecified atom stereocenters. The zero-order valence-corrected chi connectivity index (χ0v) is 18.0. The molecule has 162 valence electrons. The first-order valence-electron chi connectivity index (χ1n) is 10.4. The van der Waals surface area contributed by atoms with Crippen molar-refractivity contribution in [1.82, 2.24) is 0 Å². The fourth-order valence-electron chi connectivity index (χ4n) is 3.37. The van der Waals surface area contributed by atoms with Crippen molar-refractivity contribution in [3.05, 3.63) is 54.1 Å². The third-order valence-electron chi connectivity index (χ3n) is 4.83. The van der Waals surface area contributed by atoms with Gasteiger partial charge in [0, 0.05) is 24.8 Å². The maximum atomic E-state index is 12.1. The number of rotatable bonds is 7. The predicted octanol–water partition coefficient (Wildman–Crippen LogP) is 4.41. The highest BCUT2D eigenvalue weighted by molar-refractivity contribution is 5.90. The van der Waals surface area contributed by atoms with Gasteiger partial charge in [-0.15, -0.1) is 0 Å². The monoisotopic (exact) mass is 413 g/mol. The van der Waals surface area contributed by atoms with Gasteiger partial charge in [0.2, 0.25) is 0 Å². The van der Waals surface area contributed by atoms with Gasteiger partial charge in [0.15, 0.2) is 0 Å². The normalized spacial score (nSPS) is 15.1. The summed E-state index contributed by atoms with van der Waals surface area (Å²) in [5.74, 6) is 0.539. The highest BCUT2D eigenvalue weighted by Gasteiger charge is 2.21. The summed E-state index contributed by atoms with van der Waals surface area (Å²) in [7, 11) is 0. The van der Waals surface area contributed by atoms with Crippen LogP contribution in [0, 0.1) is 0 Å². The Morgan fingerprint density at radius 3 is 2.40 bits per heavy atom. The van der Waals surface area contributed by atoms with Crippen molar-refractivity contribution >= 4 is 11.7 Å². The van der Waals surface area contributed by atoms with Crippen molar-refractivity contribution in [1.29, 1.82) is 0 Å². The summed E-state index contributed by atoms with van der Waals surface area (Å²) in [6.07, 6.45) is 2.11. The number of hydrogen-bond donors (Lipinski definition) is 1. The van der Waals surface area contributed by atoms with Gasteiger partial charge >= 0.3 is 5.97 Å². The molecule has 6 nitrogen and oxygen atoms in total. The minimum absolute atomic E-state index is 0.194. The molecule has 1 heterocycles. The Morgan fingerprint density at radius 1 is 1.07 bits per heavy atom. The summed E-state index contributed by atoms with van der Waals surface area (Å²) < 4.78 is 16.9. The van der Waals surface area contributed by atoms with E-state index in [1.807, 2.05) is 51.1 Å². The SMILES string of the molecule is CC(C)(C)OC(=O)c1ccc(N2CCC(OCCOc3cccc(O)c3)CC2)cc1. The summed E-state index contributed by atoms with van der Waals surface area (Å²) in [5.41, 5.74) is 1.18. The lowest BCUT2D eigenvalue weighted by molar-refractivity contribution is 0.00695. The van der Waals surface area contributed by atoms with Crippen LogP contribution in [0.4, 0.5) is 5.69 Å². The van der Waals surface area contributed by atoms with E-state index in [0.29, 0.717) is 24.5 Å². The second-order valence-electron chi connectivity index (χ2n) is 8.45. The van der Waals surface area contributed by atoms with Crippen molar-refractivity contribution in [2.45, 2.75) is 45.3 Å². The molecule has 3 rings (SSSR count). The van der Waals surface area contributed by atoms with Gasteiger partial charge in [-0.2, -0.15) is 0 Å². The van der Waals surface area contributed by atoms with Crippen LogP contribution in [-0.2, 0) is 9.47 Å². The van der Waals surface area contributed by atoms with Crippen molar-refractivity contribution < 1.29 is 24.1 Å². The van der Waals surface area contributed by atoms with E-state index in [1.165, 1.54) is 0 Å². The van der Waals surface area contributed by atoms with Gasteiger partial charge in [0.25, 0.3) is 0 Å². The molecular formula is C24H31NO5. The molecule has 0 aliphatic carbocycles. The number of piperidine rings is 1. The van der Waals surface area contributed by atoms with Crippen LogP contribution in [0.15, 0.2) is 48.5 Å². The molecule has 6 heteroatoms. The molecule has 1 aliphatic heterocycles. The lowest BCUT2D eigenvalue weighted by Crippen LogP contribution is -2.37. The number of esters is 1. The van der Waals surface area contributed by atoms with Crippen LogP contribution in [0.3, 0.4) is 0 Å². The summed E-state index contributed by atoms with van der Waals surface area (Å²) in [6, 6.07) is 14.4. The molecule has 2 aromatic rings. The average molecular weight is 414 g/mol. The standard InChI is InChI=1S/C24H31NO5/c1-24(2,3)30-23(27)18-7-9-19(10-8-18)25-13-11-21(12-14-25)28-15-16-29-22-6-4-5-20(26)17-22/h4-10,17,21,26H,11-16H2,1-3H3. The second-order valence-corrected chi connectivity index (χ2v) is 8.45. The summed E-state index contributed by atoms with van der Waals surface area (Å²) in [6.45, 7) is 8.38. The zero-order valence-electron chi connectivity index (χ0n) is 18.0. The minimum Gasteiger partial charge on any atom is -0.508 e. The van der Waals surface area contributed by atoms with Gasteiger partial charge in [-0.1, -0.05) is 6.07 Å². The molecule has 0 spiro atoms. The van der Waals surface area contributed by atoms with E-state index in [-0.39, 0.29) is 17.8 Å². The van der Waals surface area contributed by atoms with E-state index in [4.69, 9.17) is 14.2 Å². The Balaban J connectivity index is 1.39. The lowest BCUT2D eigenvalue weighted by atomic mass is 10.1. The third-order valence-corrected chi connectivity index (χ3v) is 4.83. The molecule has 30 heavy (non-hydrogen) atoms. The van der Waals surface area contributed by atoms with E-state index in [2.05, 4.69) is 4.90 Å². The molecule has 1 N–H and O–H groups in total. The number of anilines is 1. The first kappa shape index (κ1) is 22.0. The fraction of sp³-hybridized carbons (Fsp3) is 0.458. The number of nitrogens with zero attached hydrogens (tertiary/aromatic N) is 1. The number of phenolic OH excluding ortho intramolecular Hbond substituents is 1. The largest absolute Gasteiger partial charge is 0.508 e. The van der Waals surface area contributed by atoms with E-state index in [1.54, 1.807) is 18.2 Å². The van der Waals surface area contributed by atoms with Gasteiger partial charge in [0.05, 0.1) is 18.3 Å². The molecule has 0 saturated carbocycles. The van der Waals surface area contributed by atoms with Crippen molar-refractivity contribution in [3.63, 3.8) is 0 Å². The Bertz CT molecular complexity index is 820.